The van der Waals surface area contributed by atoms with Crippen LogP contribution in [0.25, 0.3) is 0 Å². The summed E-state index contributed by atoms with van der Waals surface area (Å²) in [4.78, 5) is 13.1. The van der Waals surface area contributed by atoms with Crippen LogP contribution in [0.3, 0.4) is 0 Å². The smallest absolute Gasteiger partial charge is 0.247 e. The fourth-order valence-electron chi connectivity index (χ4n) is 1.22. The third-order valence-corrected chi connectivity index (χ3v) is 3.73. The van der Waals surface area contributed by atoms with Crippen LogP contribution in [0.15, 0.2) is 28.0 Å². The van der Waals surface area contributed by atoms with Crippen molar-refractivity contribution in [3.63, 3.8) is 0 Å². The van der Waals surface area contributed by atoms with Crippen molar-refractivity contribution in [1.29, 1.82) is 0 Å². The Morgan fingerprint density at radius 1 is 1.47 bits per heavy atom. The van der Waals surface area contributed by atoms with Gasteiger partial charge in [-0.15, -0.1) is 0 Å². The zero-order valence-electron chi connectivity index (χ0n) is 9.51. The number of aromatic amines is 1. The van der Waals surface area contributed by atoms with E-state index in [2.05, 4.69) is 9.71 Å². The Morgan fingerprint density at radius 3 is 2.71 bits per heavy atom. The number of aliphatic hydroxyl groups excluding tert-OH is 1. The standard InChI is InChI=1S/C10H16N2O4S/c1-8(4-5-13)6-12-17(15,16)9-2-3-10(14)11-7-9/h2-3,7-8,12-13H,4-6H2,1H3,(H,11,14). The molecule has 0 radical (unpaired) electrons. The zero-order valence-corrected chi connectivity index (χ0v) is 10.3. The van der Waals surface area contributed by atoms with Gasteiger partial charge in [0, 0.05) is 25.4 Å². The number of H-pyrrole nitrogens is 1. The van der Waals surface area contributed by atoms with Gasteiger partial charge in [-0.1, -0.05) is 6.92 Å². The Morgan fingerprint density at radius 2 is 2.18 bits per heavy atom. The third kappa shape index (κ3) is 4.29. The van der Waals surface area contributed by atoms with Gasteiger partial charge in [0.15, 0.2) is 0 Å². The van der Waals surface area contributed by atoms with Crippen molar-refractivity contribution in [2.45, 2.75) is 18.2 Å². The van der Waals surface area contributed by atoms with E-state index >= 15 is 0 Å². The van der Waals surface area contributed by atoms with Crippen molar-refractivity contribution in [2.24, 2.45) is 5.92 Å². The summed E-state index contributed by atoms with van der Waals surface area (Å²) in [6.07, 6.45) is 1.69. The summed E-state index contributed by atoms with van der Waals surface area (Å²) in [5, 5.41) is 8.70. The third-order valence-electron chi connectivity index (χ3n) is 2.31. The molecule has 1 rings (SSSR count). The first-order valence-corrected chi connectivity index (χ1v) is 6.73. The van der Waals surface area contributed by atoms with E-state index in [1.165, 1.54) is 6.07 Å². The molecule has 0 aromatic carbocycles. The number of rotatable bonds is 6. The second-order valence-corrected chi connectivity index (χ2v) is 5.62. The number of aromatic nitrogens is 1. The molecule has 0 aliphatic heterocycles. The van der Waals surface area contributed by atoms with E-state index in [1.807, 2.05) is 6.92 Å². The van der Waals surface area contributed by atoms with Crippen molar-refractivity contribution < 1.29 is 13.5 Å². The lowest BCUT2D eigenvalue weighted by Crippen LogP contribution is -2.29. The normalized spacial score (nSPS) is 13.5. The second-order valence-electron chi connectivity index (χ2n) is 3.86. The molecule has 6 nitrogen and oxygen atoms in total. The molecule has 7 heteroatoms. The SMILES string of the molecule is CC(CCO)CNS(=O)(=O)c1ccc(=O)[nH]c1. The number of nitrogens with one attached hydrogen (secondary N) is 2. The summed E-state index contributed by atoms with van der Waals surface area (Å²) in [5.41, 5.74) is -0.349. The molecule has 17 heavy (non-hydrogen) atoms. The van der Waals surface area contributed by atoms with E-state index in [0.29, 0.717) is 6.42 Å². The number of sulfonamides is 1. The summed E-state index contributed by atoms with van der Waals surface area (Å²) < 4.78 is 25.9. The van der Waals surface area contributed by atoms with Crippen LogP contribution < -0.4 is 10.3 Å². The maximum Gasteiger partial charge on any atom is 0.247 e. The quantitative estimate of drug-likeness (QED) is 0.652. The van der Waals surface area contributed by atoms with Crippen molar-refractivity contribution in [3.8, 4) is 0 Å². The lowest BCUT2D eigenvalue weighted by atomic mass is 10.1. The van der Waals surface area contributed by atoms with Gasteiger partial charge >= 0.3 is 0 Å². The van der Waals surface area contributed by atoms with E-state index in [0.717, 1.165) is 12.3 Å². The molecule has 0 amide bonds. The molecule has 1 atom stereocenters. The Labute approximate surface area is 99.7 Å². The van der Waals surface area contributed by atoms with Crippen molar-refractivity contribution in [1.82, 2.24) is 9.71 Å². The van der Waals surface area contributed by atoms with Crippen LogP contribution in [-0.4, -0.2) is 31.7 Å². The summed E-state index contributed by atoms with van der Waals surface area (Å²) >= 11 is 0. The Hall–Kier alpha value is -1.18. The van der Waals surface area contributed by atoms with Gasteiger partial charge in [-0.3, -0.25) is 4.79 Å². The predicted octanol–water partition coefficient (Wildman–Crippen LogP) is -0.328. The highest BCUT2D eigenvalue weighted by atomic mass is 32.2. The topological polar surface area (TPSA) is 99.3 Å². The molecule has 1 heterocycles. The Bertz CT molecular complexity index is 489. The zero-order chi connectivity index (χ0) is 12.9. The van der Waals surface area contributed by atoms with Gasteiger partial charge in [0.1, 0.15) is 0 Å². The van der Waals surface area contributed by atoms with Gasteiger partial charge in [-0.25, -0.2) is 13.1 Å². The van der Waals surface area contributed by atoms with Gasteiger partial charge in [-0.05, 0) is 18.4 Å². The van der Waals surface area contributed by atoms with Crippen LogP contribution in [0, 0.1) is 5.92 Å². The largest absolute Gasteiger partial charge is 0.396 e. The monoisotopic (exact) mass is 260 g/mol. The number of hydrogen-bond acceptors (Lipinski definition) is 4. The van der Waals surface area contributed by atoms with Crippen LogP contribution in [-0.2, 0) is 10.0 Å². The molecule has 0 saturated carbocycles. The molecule has 0 fully saturated rings. The first kappa shape index (κ1) is 13.9. The molecule has 96 valence electrons. The average molecular weight is 260 g/mol. The van der Waals surface area contributed by atoms with Crippen LogP contribution in [0.5, 0.6) is 0 Å². The van der Waals surface area contributed by atoms with Gasteiger partial charge in [0.2, 0.25) is 15.6 Å². The van der Waals surface area contributed by atoms with Gasteiger partial charge in [-0.2, -0.15) is 0 Å². The first-order valence-electron chi connectivity index (χ1n) is 5.25. The van der Waals surface area contributed by atoms with Gasteiger partial charge in [0.05, 0.1) is 4.90 Å². The van der Waals surface area contributed by atoms with Crippen molar-refractivity contribution in [3.05, 3.63) is 28.7 Å². The average Bonchev–Trinajstić information content (AvgIpc) is 2.28. The molecule has 1 aromatic rings. The Balaban J connectivity index is 2.69. The number of pyridine rings is 1. The van der Waals surface area contributed by atoms with Crippen LogP contribution >= 0.6 is 0 Å². The summed E-state index contributed by atoms with van der Waals surface area (Å²) in [6, 6.07) is 2.41. The molecular formula is C10H16N2O4S. The lowest BCUT2D eigenvalue weighted by Gasteiger charge is -2.11. The fourth-order valence-corrected chi connectivity index (χ4v) is 2.35. The molecule has 1 unspecified atom stereocenters. The molecule has 1 aromatic heterocycles. The maximum atomic E-state index is 11.8. The van der Waals surface area contributed by atoms with Crippen LogP contribution in [0.4, 0.5) is 0 Å². The number of hydrogen-bond donors (Lipinski definition) is 3. The minimum atomic E-state index is -3.59. The first-order chi connectivity index (χ1) is 7.95. The van der Waals surface area contributed by atoms with Crippen molar-refractivity contribution in [2.75, 3.05) is 13.2 Å². The second kappa shape index (κ2) is 5.95. The van der Waals surface area contributed by atoms with E-state index < -0.39 is 10.0 Å². The molecule has 0 aliphatic rings. The molecule has 0 spiro atoms. The molecule has 0 bridgehead atoms. The van der Waals surface area contributed by atoms with Gasteiger partial charge < -0.3 is 10.1 Å². The molecule has 0 saturated heterocycles. The summed E-state index contributed by atoms with van der Waals surface area (Å²) in [7, 11) is -3.59. The van der Waals surface area contributed by atoms with Gasteiger partial charge in [0.25, 0.3) is 0 Å². The van der Waals surface area contributed by atoms with Crippen molar-refractivity contribution >= 4 is 10.0 Å². The predicted molar refractivity (Wildman–Crippen MR) is 63.1 cm³/mol. The molecule has 3 N–H and O–H groups in total. The lowest BCUT2D eigenvalue weighted by molar-refractivity contribution is 0.263. The molecular weight excluding hydrogens is 244 g/mol. The fraction of sp³-hybridized carbons (Fsp3) is 0.500. The van der Waals surface area contributed by atoms with Crippen LogP contribution in [0.2, 0.25) is 0 Å². The summed E-state index contributed by atoms with van der Waals surface area (Å²) in [5.74, 6) is 0.0533. The highest BCUT2D eigenvalue weighted by Crippen LogP contribution is 2.06. The van der Waals surface area contributed by atoms with Crippen LogP contribution in [0.1, 0.15) is 13.3 Å². The maximum absolute atomic E-state index is 11.8. The number of aliphatic hydroxyl groups is 1. The van der Waals surface area contributed by atoms with E-state index in [4.69, 9.17) is 5.11 Å². The highest BCUT2D eigenvalue weighted by molar-refractivity contribution is 7.89. The summed E-state index contributed by atoms with van der Waals surface area (Å²) in [6.45, 7) is 2.12. The highest BCUT2D eigenvalue weighted by Gasteiger charge is 2.14. The minimum Gasteiger partial charge on any atom is -0.396 e. The Kier molecular flexibility index (Phi) is 4.86. The van der Waals surface area contributed by atoms with E-state index in [1.54, 1.807) is 0 Å². The van der Waals surface area contributed by atoms with E-state index in [-0.39, 0.29) is 29.5 Å². The van der Waals surface area contributed by atoms with E-state index in [9.17, 15) is 13.2 Å². The minimum absolute atomic E-state index is 0.0216. The molecule has 0 aliphatic carbocycles.